The molecule has 0 fully saturated rings. The van der Waals surface area contributed by atoms with Crippen LogP contribution < -0.4 is 3.71 Å². The van der Waals surface area contributed by atoms with Gasteiger partial charge in [0.1, 0.15) is 0 Å². The fourth-order valence-corrected chi connectivity index (χ4v) is 19.2. The third kappa shape index (κ3) is 5.04. The quantitative estimate of drug-likeness (QED) is 0.340. The third-order valence-electron chi connectivity index (χ3n) is 5.70. The number of imidazole rings is 1. The summed E-state index contributed by atoms with van der Waals surface area (Å²) in [5.41, 5.74) is 1.98. The van der Waals surface area contributed by atoms with Crippen molar-refractivity contribution in [3.05, 3.63) is 23.8 Å². The number of ether oxygens (including phenoxy) is 1. The molecule has 0 atom stereocenters. The Labute approximate surface area is 167 Å². The second-order valence-electron chi connectivity index (χ2n) is 7.63. The van der Waals surface area contributed by atoms with Crippen molar-refractivity contribution in [2.24, 2.45) is 0 Å². The van der Waals surface area contributed by atoms with Crippen LogP contribution in [0.1, 0.15) is 75.5 Å². The maximum absolute atomic E-state index is 12.0. The number of hydrogen-bond donors (Lipinski definition) is 0. The first kappa shape index (κ1) is 22.2. The third-order valence-corrected chi connectivity index (χ3v) is 20.8. The fraction of sp³-hybridized carbons (Fsp3) is 0.667. The van der Waals surface area contributed by atoms with Gasteiger partial charge in [-0.25, -0.2) is 0 Å². The number of methoxy groups -OCH3 is 1. The average molecular weight is 480 g/mol. The van der Waals surface area contributed by atoms with Gasteiger partial charge in [-0.2, -0.15) is 0 Å². The molecule has 0 amide bonds. The maximum atomic E-state index is 12.0. The second-order valence-corrected chi connectivity index (χ2v) is 20.7. The normalized spacial score (nSPS) is 11.9. The Bertz CT molecular complexity index is 735. The van der Waals surface area contributed by atoms with Crippen molar-refractivity contribution in [1.29, 1.82) is 0 Å². The zero-order chi connectivity index (χ0) is 19.9. The molecule has 0 aliphatic carbocycles. The minimum absolute atomic E-state index is 0.379. The molecule has 0 aromatic carbocycles. The zero-order valence-corrected chi connectivity index (χ0v) is 20.5. The number of hydrogen-bond acceptors (Lipinski definition) is 4. The molecule has 0 unspecified atom stereocenters. The Kier molecular flexibility index (Phi) is 8.57. The number of carbonyl (C=O) groups is 1. The van der Waals surface area contributed by atoms with Crippen LogP contribution in [0.5, 0.6) is 0 Å². The van der Waals surface area contributed by atoms with E-state index in [4.69, 9.17) is 9.72 Å². The van der Waals surface area contributed by atoms with Crippen molar-refractivity contribution < 1.29 is 9.53 Å². The molecule has 27 heavy (non-hydrogen) atoms. The molecule has 5 nitrogen and oxygen atoms in total. The molecule has 0 bridgehead atoms. The molecule has 2 heterocycles. The van der Waals surface area contributed by atoms with Gasteiger partial charge in [-0.1, -0.05) is 0 Å². The number of unbranched alkanes of at least 4 members (excludes halogenated alkanes) is 3. The predicted octanol–water partition coefficient (Wildman–Crippen LogP) is 4.88. The van der Waals surface area contributed by atoms with Gasteiger partial charge in [-0.3, -0.25) is 0 Å². The van der Waals surface area contributed by atoms with E-state index >= 15 is 0 Å². The van der Waals surface area contributed by atoms with Crippen molar-refractivity contribution in [2.45, 2.75) is 79.5 Å². The minimum atomic E-state index is -2.59. The van der Waals surface area contributed by atoms with Gasteiger partial charge >= 0.3 is 168 Å². The number of rotatable bonds is 11. The molecular formula is C21H35N3O2Sn. The Balaban J connectivity index is 2.53. The van der Waals surface area contributed by atoms with Crippen LogP contribution in [-0.4, -0.2) is 45.8 Å². The van der Waals surface area contributed by atoms with Gasteiger partial charge in [0.15, 0.2) is 0 Å². The summed E-state index contributed by atoms with van der Waals surface area (Å²) in [5, 5.41) is 0. The second kappa shape index (κ2) is 10.4. The molecule has 2 rings (SSSR count). The van der Waals surface area contributed by atoms with E-state index in [1.807, 2.05) is 13.1 Å². The summed E-state index contributed by atoms with van der Waals surface area (Å²) in [6.45, 7) is 8.80. The van der Waals surface area contributed by atoms with E-state index in [9.17, 15) is 4.79 Å². The summed E-state index contributed by atoms with van der Waals surface area (Å²) in [5.74, 6) is -0.379. The number of fused-ring (bicyclic) bond motifs is 1. The van der Waals surface area contributed by atoms with Crippen molar-refractivity contribution in [3.8, 4) is 0 Å². The first-order valence-corrected chi connectivity index (χ1v) is 17.9. The van der Waals surface area contributed by atoms with Crippen LogP contribution in [-0.2, 0) is 4.74 Å². The van der Waals surface area contributed by atoms with E-state index in [0.29, 0.717) is 5.69 Å². The molecular weight excluding hydrogens is 445 g/mol. The number of aromatic nitrogens is 3. The van der Waals surface area contributed by atoms with Crippen molar-refractivity contribution >= 4 is 33.7 Å². The van der Waals surface area contributed by atoms with Gasteiger partial charge in [0.2, 0.25) is 0 Å². The van der Waals surface area contributed by atoms with Gasteiger partial charge in [0.25, 0.3) is 0 Å². The van der Waals surface area contributed by atoms with Crippen LogP contribution in [0.25, 0.3) is 5.65 Å². The van der Waals surface area contributed by atoms with Gasteiger partial charge < -0.3 is 0 Å². The van der Waals surface area contributed by atoms with Crippen LogP contribution in [0.2, 0.25) is 13.3 Å². The van der Waals surface area contributed by atoms with E-state index in [2.05, 4.69) is 36.4 Å². The Morgan fingerprint density at radius 3 is 2.11 bits per heavy atom. The molecule has 0 saturated heterocycles. The van der Waals surface area contributed by atoms with Crippen molar-refractivity contribution in [3.63, 3.8) is 0 Å². The van der Waals surface area contributed by atoms with Crippen LogP contribution in [0.4, 0.5) is 0 Å². The fourth-order valence-electron chi connectivity index (χ4n) is 3.94. The van der Waals surface area contributed by atoms with Gasteiger partial charge in [-0.15, -0.1) is 0 Å². The Morgan fingerprint density at radius 2 is 1.63 bits per heavy atom. The van der Waals surface area contributed by atoms with Crippen LogP contribution in [0.3, 0.4) is 0 Å². The molecule has 0 radical (unpaired) electrons. The average Bonchev–Trinajstić information content (AvgIpc) is 3.03. The Hall–Kier alpha value is -1.11. The van der Waals surface area contributed by atoms with Gasteiger partial charge in [0, 0.05) is 0 Å². The molecule has 6 heteroatoms. The van der Waals surface area contributed by atoms with Crippen LogP contribution >= 0.6 is 0 Å². The Morgan fingerprint density at radius 1 is 1.07 bits per heavy atom. The molecule has 0 N–H and O–H groups in total. The van der Waals surface area contributed by atoms with Crippen molar-refractivity contribution in [1.82, 2.24) is 14.4 Å². The summed E-state index contributed by atoms with van der Waals surface area (Å²) < 4.78 is 12.4. The predicted molar refractivity (Wildman–Crippen MR) is 114 cm³/mol. The number of nitrogens with zero attached hydrogens (tertiary/aromatic N) is 3. The monoisotopic (exact) mass is 481 g/mol. The SMILES string of the molecule is CCC[CH2][Sn]([CH2]CCC)([CH2]CCC)[c]1cn2c(C)c(C(=O)OC)nc2cn1. The summed E-state index contributed by atoms with van der Waals surface area (Å²) >= 11 is -2.59. The molecule has 0 aliphatic heterocycles. The standard InChI is InChI=1S/C9H8N3O2.3C4H9.Sn/c1-6-8(9(13)14-2)11-7-5-10-3-4-12(6)7;3*1-3-4-2;/h4-5H,1-2H3;3*1,3-4H2,2H3;. The van der Waals surface area contributed by atoms with Crippen LogP contribution in [0.15, 0.2) is 12.4 Å². The molecule has 150 valence electrons. The molecule has 0 saturated carbocycles. The molecule has 0 spiro atoms. The van der Waals surface area contributed by atoms with Crippen LogP contribution in [0, 0.1) is 6.92 Å². The zero-order valence-electron chi connectivity index (χ0n) is 17.7. The number of esters is 1. The van der Waals surface area contributed by atoms with E-state index in [-0.39, 0.29) is 5.97 Å². The number of carbonyl (C=O) groups excluding carboxylic acids is 1. The molecule has 2 aromatic rings. The van der Waals surface area contributed by atoms with E-state index in [1.54, 1.807) is 0 Å². The first-order valence-electron chi connectivity index (χ1n) is 10.5. The van der Waals surface area contributed by atoms with Gasteiger partial charge in [-0.05, 0) is 0 Å². The molecule has 2 aromatic heterocycles. The van der Waals surface area contributed by atoms with Crippen molar-refractivity contribution in [2.75, 3.05) is 7.11 Å². The molecule has 0 aliphatic rings. The summed E-state index contributed by atoms with van der Waals surface area (Å²) in [6, 6.07) is 0. The van der Waals surface area contributed by atoms with Gasteiger partial charge in [0.05, 0.1) is 0 Å². The van der Waals surface area contributed by atoms with E-state index < -0.39 is 18.4 Å². The topological polar surface area (TPSA) is 56.5 Å². The number of aryl methyl sites for hydroxylation is 1. The van der Waals surface area contributed by atoms with E-state index in [0.717, 1.165) is 11.3 Å². The first-order chi connectivity index (χ1) is 13.0. The summed E-state index contributed by atoms with van der Waals surface area (Å²) in [7, 11) is 1.40. The van der Waals surface area contributed by atoms with E-state index in [1.165, 1.54) is 62.7 Å². The summed E-state index contributed by atoms with van der Waals surface area (Å²) in [6.07, 6.45) is 11.7. The summed E-state index contributed by atoms with van der Waals surface area (Å²) in [4.78, 5) is 21.4.